The van der Waals surface area contributed by atoms with Crippen molar-refractivity contribution >= 4 is 8.25 Å². The average molecular weight is 507 g/mol. The predicted octanol–water partition coefficient (Wildman–Crippen LogP) is 4.68. The molecule has 7 nitrogen and oxygen atoms in total. The lowest BCUT2D eigenvalue weighted by Crippen LogP contribution is -2.45. The molecule has 0 aromatic carbocycles. The van der Waals surface area contributed by atoms with Crippen molar-refractivity contribution in [3.63, 3.8) is 0 Å². The van der Waals surface area contributed by atoms with Crippen molar-refractivity contribution in [3.05, 3.63) is 0 Å². The van der Waals surface area contributed by atoms with Crippen LogP contribution in [0.25, 0.3) is 0 Å². The van der Waals surface area contributed by atoms with Gasteiger partial charge in [-0.25, -0.2) is 0 Å². The van der Waals surface area contributed by atoms with Crippen LogP contribution in [0, 0.1) is 59.2 Å². The van der Waals surface area contributed by atoms with Gasteiger partial charge in [-0.1, -0.05) is 55.4 Å². The minimum atomic E-state index is -2.80. The normalized spacial score (nSPS) is 38.0. The SMILES string of the molecule is CC(C(O)O)C1C[C@H](C)CC(O[PH](=O)OC2C[C@@H](C)CC(C(C)C(O)O)[C@@H]2C(C)C)[C@H]1C(C)C. The highest BCUT2D eigenvalue weighted by Gasteiger charge is 2.45. The van der Waals surface area contributed by atoms with Gasteiger partial charge in [-0.05, 0) is 73.0 Å². The first-order valence-electron chi connectivity index (χ1n) is 13.3. The summed E-state index contributed by atoms with van der Waals surface area (Å²) in [6.07, 6.45) is 0.0481. The minimum absolute atomic E-state index is 0.0639. The van der Waals surface area contributed by atoms with Gasteiger partial charge < -0.3 is 29.5 Å². The second-order valence-corrected chi connectivity index (χ2v) is 13.2. The van der Waals surface area contributed by atoms with Gasteiger partial charge >= 0.3 is 8.25 Å². The van der Waals surface area contributed by atoms with Crippen LogP contribution < -0.4 is 0 Å². The molecule has 0 saturated heterocycles. The molecule has 4 N–H and O–H groups in total. The average Bonchev–Trinajstić information content (AvgIpc) is 2.70. The molecule has 0 aromatic rings. The van der Waals surface area contributed by atoms with E-state index in [2.05, 4.69) is 41.5 Å². The van der Waals surface area contributed by atoms with Gasteiger partial charge in [-0.15, -0.1) is 0 Å². The fourth-order valence-electron chi connectivity index (χ4n) is 7.04. The van der Waals surface area contributed by atoms with Crippen LogP contribution in [0.1, 0.15) is 81.1 Å². The molecule has 34 heavy (non-hydrogen) atoms. The lowest BCUT2D eigenvalue weighted by Gasteiger charge is -2.47. The van der Waals surface area contributed by atoms with Crippen molar-refractivity contribution in [2.75, 3.05) is 0 Å². The molecule has 2 rings (SSSR count). The van der Waals surface area contributed by atoms with Gasteiger partial charge in [0.1, 0.15) is 0 Å². The molecule has 0 radical (unpaired) electrons. The summed E-state index contributed by atoms with van der Waals surface area (Å²) in [7, 11) is -2.80. The third kappa shape index (κ3) is 7.50. The molecule has 2 aliphatic rings. The van der Waals surface area contributed by atoms with Gasteiger partial charge in [-0.2, -0.15) is 0 Å². The van der Waals surface area contributed by atoms with Crippen molar-refractivity contribution in [1.29, 1.82) is 0 Å². The molecule has 6 unspecified atom stereocenters. The maximum absolute atomic E-state index is 13.3. The van der Waals surface area contributed by atoms with E-state index in [1.807, 2.05) is 13.8 Å². The Balaban J connectivity index is 2.19. The molecule has 0 spiro atoms. The zero-order valence-corrected chi connectivity index (χ0v) is 23.4. The molecule has 2 aliphatic carbocycles. The van der Waals surface area contributed by atoms with Crippen LogP contribution in [-0.2, 0) is 13.6 Å². The Morgan fingerprint density at radius 1 is 0.647 bits per heavy atom. The maximum atomic E-state index is 13.3. The number of hydrogen-bond acceptors (Lipinski definition) is 7. The van der Waals surface area contributed by atoms with Gasteiger partial charge in [0.2, 0.25) is 0 Å². The van der Waals surface area contributed by atoms with E-state index in [0.717, 1.165) is 25.7 Å². The lowest BCUT2D eigenvalue weighted by atomic mass is 9.64. The monoisotopic (exact) mass is 506 g/mol. The Morgan fingerprint density at radius 2 is 0.971 bits per heavy atom. The standard InChI is InChI=1S/C26H51O7P/c1-13(2)23-19(17(7)25(27)28)9-15(5)11-21(23)32-34(31)33-22-12-16(6)10-20(18(8)26(29)30)24(22)14(3)4/h13-30,34H,9-12H2,1-8H3/t15-,16-,17?,18?,19?,20?,21?,22?,23-,24-/m0/s1. The van der Waals surface area contributed by atoms with E-state index in [1.165, 1.54) is 0 Å². The van der Waals surface area contributed by atoms with E-state index < -0.39 is 20.8 Å². The van der Waals surface area contributed by atoms with E-state index in [1.54, 1.807) is 0 Å². The first-order chi connectivity index (χ1) is 15.7. The zero-order valence-electron chi connectivity index (χ0n) is 22.4. The second-order valence-electron chi connectivity index (χ2n) is 12.2. The van der Waals surface area contributed by atoms with E-state index in [0.29, 0.717) is 11.8 Å². The van der Waals surface area contributed by atoms with E-state index in [9.17, 15) is 25.0 Å². The van der Waals surface area contributed by atoms with Gasteiger partial charge in [0.25, 0.3) is 0 Å². The summed E-state index contributed by atoms with van der Waals surface area (Å²) in [5.74, 6) is 0.827. The third-order valence-corrected chi connectivity index (χ3v) is 9.78. The number of aliphatic hydroxyl groups excluding tert-OH is 2. The lowest BCUT2D eigenvalue weighted by molar-refractivity contribution is -0.129. The number of aliphatic hydroxyl groups is 4. The van der Waals surface area contributed by atoms with Crippen LogP contribution in [0.2, 0.25) is 0 Å². The zero-order chi connectivity index (χ0) is 25.9. The molecule has 0 aromatic heterocycles. The van der Waals surface area contributed by atoms with Crippen molar-refractivity contribution in [3.8, 4) is 0 Å². The fourth-order valence-corrected chi connectivity index (χ4v) is 8.10. The molecule has 10 atom stereocenters. The largest absolute Gasteiger partial charge is 0.368 e. The van der Waals surface area contributed by atoms with E-state index >= 15 is 0 Å². The van der Waals surface area contributed by atoms with Crippen LogP contribution in [0.4, 0.5) is 0 Å². The Labute approximate surface area is 207 Å². The smallest absolute Gasteiger partial charge is 0.319 e. The molecule has 8 heteroatoms. The molecule has 0 amide bonds. The number of rotatable bonds is 10. The highest BCUT2D eigenvalue weighted by molar-refractivity contribution is 7.33. The third-order valence-electron chi connectivity index (χ3n) is 8.79. The fraction of sp³-hybridized carbons (Fsp3) is 1.00. The topological polar surface area (TPSA) is 116 Å². The Morgan fingerprint density at radius 3 is 1.24 bits per heavy atom. The van der Waals surface area contributed by atoms with Gasteiger partial charge in [0.15, 0.2) is 12.6 Å². The quantitative estimate of drug-likeness (QED) is 0.251. The van der Waals surface area contributed by atoms with Crippen molar-refractivity contribution in [1.82, 2.24) is 0 Å². The molecular formula is C26H51O7P. The Hall–Kier alpha value is -0.0100. The molecule has 2 saturated carbocycles. The Bertz CT molecular complexity index is 589. The summed E-state index contributed by atoms with van der Waals surface area (Å²) >= 11 is 0. The molecule has 2 fully saturated rings. The molecule has 0 bridgehead atoms. The molecule has 0 aliphatic heterocycles. The van der Waals surface area contributed by atoms with E-state index in [-0.39, 0.29) is 59.6 Å². The van der Waals surface area contributed by atoms with E-state index in [4.69, 9.17) is 9.05 Å². The van der Waals surface area contributed by atoms with Crippen molar-refractivity contribution in [2.45, 2.75) is 106 Å². The highest BCUT2D eigenvalue weighted by atomic mass is 31.1. The second kappa shape index (κ2) is 13.0. The van der Waals surface area contributed by atoms with Gasteiger partial charge in [-0.3, -0.25) is 4.57 Å². The maximum Gasteiger partial charge on any atom is 0.319 e. The van der Waals surface area contributed by atoms with Gasteiger partial charge in [0, 0.05) is 11.8 Å². The summed E-state index contributed by atoms with van der Waals surface area (Å²) in [5.41, 5.74) is 0. The van der Waals surface area contributed by atoms with Crippen molar-refractivity contribution < 1.29 is 34.0 Å². The van der Waals surface area contributed by atoms with Crippen LogP contribution in [0.3, 0.4) is 0 Å². The first-order valence-corrected chi connectivity index (χ1v) is 14.6. The van der Waals surface area contributed by atoms with Crippen LogP contribution in [0.5, 0.6) is 0 Å². The summed E-state index contributed by atoms with van der Waals surface area (Å²) in [5, 5.41) is 39.4. The highest BCUT2D eigenvalue weighted by Crippen LogP contribution is 2.50. The Kier molecular flexibility index (Phi) is 11.5. The predicted molar refractivity (Wildman–Crippen MR) is 134 cm³/mol. The minimum Gasteiger partial charge on any atom is -0.368 e. The first kappa shape index (κ1) is 30.2. The summed E-state index contributed by atoms with van der Waals surface area (Å²) in [6.45, 7) is 16.5. The van der Waals surface area contributed by atoms with Gasteiger partial charge in [0.05, 0.1) is 12.2 Å². The molecule has 0 heterocycles. The summed E-state index contributed by atoms with van der Waals surface area (Å²) < 4.78 is 25.6. The summed E-state index contributed by atoms with van der Waals surface area (Å²) in [4.78, 5) is 0. The summed E-state index contributed by atoms with van der Waals surface area (Å²) in [6, 6.07) is 0. The molecule has 202 valence electrons. The van der Waals surface area contributed by atoms with Crippen molar-refractivity contribution in [2.24, 2.45) is 59.2 Å². The van der Waals surface area contributed by atoms with Crippen LogP contribution in [0.15, 0.2) is 0 Å². The van der Waals surface area contributed by atoms with Crippen LogP contribution >= 0.6 is 8.25 Å². The molecular weight excluding hydrogens is 455 g/mol. The number of hydrogen-bond donors (Lipinski definition) is 4. The van der Waals surface area contributed by atoms with Crippen LogP contribution in [-0.4, -0.2) is 45.2 Å².